The average Bonchev–Trinajstić information content (AvgIpc) is 2.59. The van der Waals surface area contributed by atoms with Crippen LogP contribution in [0.3, 0.4) is 0 Å². The molecule has 3 rings (SSSR count). The number of nitrogens with one attached hydrogen (secondary N) is 2. The first-order valence-corrected chi connectivity index (χ1v) is 8.06. The van der Waals surface area contributed by atoms with Crippen molar-refractivity contribution in [3.05, 3.63) is 70.3 Å². The Morgan fingerprint density at radius 2 is 1.91 bits per heavy atom. The zero-order valence-electron chi connectivity index (χ0n) is 12.6. The molecule has 0 aliphatic rings. The Bertz CT molecular complexity index is 847. The molecule has 0 fully saturated rings. The number of pyridine rings is 1. The largest absolute Gasteiger partial charge is 0.380 e. The molecule has 0 aliphatic heterocycles. The predicted octanol–water partition coefficient (Wildman–Crippen LogP) is 3.97. The Labute approximate surface area is 143 Å². The van der Waals surface area contributed by atoms with Gasteiger partial charge in [-0.25, -0.2) is 0 Å². The first kappa shape index (κ1) is 15.5. The Kier molecular flexibility index (Phi) is 4.57. The number of rotatable bonds is 4. The first-order chi connectivity index (χ1) is 11.2. The van der Waals surface area contributed by atoms with E-state index >= 15 is 0 Å². The normalized spacial score (nSPS) is 10.5. The topological polar surface area (TPSA) is 54.0 Å². The van der Waals surface area contributed by atoms with Crippen LogP contribution in [-0.4, -0.2) is 17.9 Å². The van der Waals surface area contributed by atoms with Gasteiger partial charge in [-0.1, -0.05) is 28.1 Å². The number of carbonyl (C=O) groups is 1. The van der Waals surface area contributed by atoms with E-state index in [-0.39, 0.29) is 5.91 Å². The van der Waals surface area contributed by atoms with Crippen LogP contribution in [0.4, 0.5) is 5.69 Å². The van der Waals surface area contributed by atoms with Crippen molar-refractivity contribution in [1.82, 2.24) is 10.3 Å². The monoisotopic (exact) mass is 369 g/mol. The number of benzene rings is 2. The van der Waals surface area contributed by atoms with E-state index in [0.717, 1.165) is 26.6 Å². The van der Waals surface area contributed by atoms with E-state index in [9.17, 15) is 4.79 Å². The molecule has 1 amide bonds. The van der Waals surface area contributed by atoms with Gasteiger partial charge < -0.3 is 10.6 Å². The minimum atomic E-state index is -0.0739. The Balaban J connectivity index is 1.77. The summed E-state index contributed by atoms with van der Waals surface area (Å²) in [6.07, 6.45) is 1.80. The van der Waals surface area contributed by atoms with Crippen LogP contribution in [0.15, 0.2) is 59.2 Å². The molecule has 23 heavy (non-hydrogen) atoms. The van der Waals surface area contributed by atoms with E-state index in [0.29, 0.717) is 12.1 Å². The highest BCUT2D eigenvalue weighted by Crippen LogP contribution is 2.25. The Hall–Kier alpha value is -2.40. The van der Waals surface area contributed by atoms with Crippen LogP contribution in [-0.2, 0) is 6.54 Å². The molecule has 2 N–H and O–H groups in total. The van der Waals surface area contributed by atoms with E-state index < -0.39 is 0 Å². The van der Waals surface area contributed by atoms with Crippen LogP contribution in [0.2, 0.25) is 0 Å². The van der Waals surface area contributed by atoms with Crippen LogP contribution in [0.1, 0.15) is 15.9 Å². The van der Waals surface area contributed by atoms with Crippen molar-refractivity contribution in [3.63, 3.8) is 0 Å². The molecule has 0 bridgehead atoms. The summed E-state index contributed by atoms with van der Waals surface area (Å²) in [7, 11) is 1.63. The zero-order chi connectivity index (χ0) is 16.2. The van der Waals surface area contributed by atoms with Crippen molar-refractivity contribution in [1.29, 1.82) is 0 Å². The maximum absolute atomic E-state index is 11.5. The fourth-order valence-electron chi connectivity index (χ4n) is 2.39. The highest BCUT2D eigenvalue weighted by Gasteiger charge is 2.04. The van der Waals surface area contributed by atoms with Crippen molar-refractivity contribution in [2.24, 2.45) is 0 Å². The van der Waals surface area contributed by atoms with Gasteiger partial charge in [-0.2, -0.15) is 0 Å². The molecule has 0 spiro atoms. The number of halogens is 1. The van der Waals surface area contributed by atoms with Crippen LogP contribution in [0, 0.1) is 0 Å². The SMILES string of the molecule is CNC(=O)c1ccc(CNc2ccnc3cc(Br)ccc23)cc1. The van der Waals surface area contributed by atoms with Gasteiger partial charge in [-0.05, 0) is 42.0 Å². The molecule has 1 heterocycles. The van der Waals surface area contributed by atoms with Crippen molar-refractivity contribution in [2.45, 2.75) is 6.54 Å². The van der Waals surface area contributed by atoms with Gasteiger partial charge in [0.2, 0.25) is 0 Å². The lowest BCUT2D eigenvalue weighted by Gasteiger charge is -2.10. The summed E-state index contributed by atoms with van der Waals surface area (Å²) in [5.41, 5.74) is 3.76. The van der Waals surface area contributed by atoms with Crippen LogP contribution >= 0.6 is 15.9 Å². The molecule has 3 aromatic rings. The van der Waals surface area contributed by atoms with Crippen LogP contribution in [0.25, 0.3) is 10.9 Å². The molecular formula is C18H16BrN3O. The van der Waals surface area contributed by atoms with E-state index in [2.05, 4.69) is 31.5 Å². The fourth-order valence-corrected chi connectivity index (χ4v) is 2.74. The third-order valence-corrected chi connectivity index (χ3v) is 4.12. The average molecular weight is 370 g/mol. The third kappa shape index (κ3) is 3.51. The van der Waals surface area contributed by atoms with Crippen molar-refractivity contribution >= 4 is 38.4 Å². The summed E-state index contributed by atoms with van der Waals surface area (Å²) in [6.45, 7) is 0.684. The summed E-state index contributed by atoms with van der Waals surface area (Å²) in [5.74, 6) is -0.0739. The van der Waals surface area contributed by atoms with Gasteiger partial charge in [0.1, 0.15) is 0 Å². The molecular weight excluding hydrogens is 354 g/mol. The van der Waals surface area contributed by atoms with E-state index in [1.165, 1.54) is 0 Å². The summed E-state index contributed by atoms with van der Waals surface area (Å²) < 4.78 is 1.01. The molecule has 0 unspecified atom stereocenters. The summed E-state index contributed by atoms with van der Waals surface area (Å²) in [4.78, 5) is 15.9. The minimum absolute atomic E-state index is 0.0739. The van der Waals surface area contributed by atoms with Crippen molar-refractivity contribution in [3.8, 4) is 0 Å². The third-order valence-electron chi connectivity index (χ3n) is 3.63. The summed E-state index contributed by atoms with van der Waals surface area (Å²) in [6, 6.07) is 15.6. The molecule has 4 nitrogen and oxygen atoms in total. The molecule has 116 valence electrons. The highest BCUT2D eigenvalue weighted by molar-refractivity contribution is 9.10. The predicted molar refractivity (Wildman–Crippen MR) is 96.6 cm³/mol. The number of carbonyl (C=O) groups excluding carboxylic acids is 1. The molecule has 0 saturated heterocycles. The number of aromatic nitrogens is 1. The standard InChI is InChI=1S/C18H16BrN3O/c1-20-18(23)13-4-2-12(3-5-13)11-22-16-8-9-21-17-10-14(19)6-7-15(16)17/h2-10H,11H2,1H3,(H,20,23)(H,21,22). The van der Waals surface area contributed by atoms with Crippen molar-refractivity contribution in [2.75, 3.05) is 12.4 Å². The lowest BCUT2D eigenvalue weighted by atomic mass is 10.1. The Morgan fingerprint density at radius 3 is 2.65 bits per heavy atom. The van der Waals surface area contributed by atoms with E-state index in [1.54, 1.807) is 13.2 Å². The van der Waals surface area contributed by atoms with Gasteiger partial charge in [0.05, 0.1) is 5.52 Å². The second kappa shape index (κ2) is 6.79. The number of fused-ring (bicyclic) bond motifs is 1. The maximum Gasteiger partial charge on any atom is 0.251 e. The smallest absolute Gasteiger partial charge is 0.251 e. The van der Waals surface area contributed by atoms with Gasteiger partial charge >= 0.3 is 0 Å². The second-order valence-electron chi connectivity index (χ2n) is 5.15. The van der Waals surface area contributed by atoms with Gasteiger partial charge in [-0.15, -0.1) is 0 Å². The number of nitrogens with zero attached hydrogens (tertiary/aromatic N) is 1. The quantitative estimate of drug-likeness (QED) is 0.731. The molecule has 0 radical (unpaired) electrons. The zero-order valence-corrected chi connectivity index (χ0v) is 14.2. The number of hydrogen-bond donors (Lipinski definition) is 2. The summed E-state index contributed by atoms with van der Waals surface area (Å²) in [5, 5.41) is 7.13. The lowest BCUT2D eigenvalue weighted by molar-refractivity contribution is 0.0963. The number of hydrogen-bond acceptors (Lipinski definition) is 3. The molecule has 2 aromatic carbocycles. The number of anilines is 1. The molecule has 1 aromatic heterocycles. The van der Waals surface area contributed by atoms with Gasteiger partial charge in [0.25, 0.3) is 5.91 Å². The maximum atomic E-state index is 11.5. The Morgan fingerprint density at radius 1 is 1.13 bits per heavy atom. The molecule has 0 aliphatic carbocycles. The lowest BCUT2D eigenvalue weighted by Crippen LogP contribution is -2.17. The fraction of sp³-hybridized carbons (Fsp3) is 0.111. The van der Waals surface area contributed by atoms with Crippen LogP contribution < -0.4 is 10.6 Å². The van der Waals surface area contributed by atoms with E-state index in [4.69, 9.17) is 0 Å². The molecule has 0 saturated carbocycles. The second-order valence-corrected chi connectivity index (χ2v) is 6.07. The molecule has 0 atom stereocenters. The first-order valence-electron chi connectivity index (χ1n) is 7.26. The summed E-state index contributed by atoms with van der Waals surface area (Å²) >= 11 is 3.46. The van der Waals surface area contributed by atoms with Gasteiger partial charge in [0.15, 0.2) is 0 Å². The number of amides is 1. The highest BCUT2D eigenvalue weighted by atomic mass is 79.9. The molecule has 5 heteroatoms. The van der Waals surface area contributed by atoms with E-state index in [1.807, 2.05) is 48.5 Å². The van der Waals surface area contributed by atoms with Gasteiger partial charge in [0, 0.05) is 40.9 Å². The van der Waals surface area contributed by atoms with Crippen molar-refractivity contribution < 1.29 is 4.79 Å². The van der Waals surface area contributed by atoms with Crippen LogP contribution in [0.5, 0.6) is 0 Å². The van der Waals surface area contributed by atoms with Gasteiger partial charge in [-0.3, -0.25) is 9.78 Å². The minimum Gasteiger partial charge on any atom is -0.380 e.